The fourth-order valence-corrected chi connectivity index (χ4v) is 4.45. The molecule has 2 rings (SSSR count). The molecule has 1 aliphatic carbocycles. The molecule has 19 heavy (non-hydrogen) atoms. The molecule has 106 valence electrons. The van der Waals surface area contributed by atoms with Crippen molar-refractivity contribution in [1.29, 1.82) is 0 Å². The summed E-state index contributed by atoms with van der Waals surface area (Å²) in [6.45, 7) is 3.86. The van der Waals surface area contributed by atoms with E-state index in [1.807, 2.05) is 0 Å². The molecule has 4 nitrogen and oxygen atoms in total. The molecule has 2 atom stereocenters. The predicted molar refractivity (Wildman–Crippen MR) is 77.7 cm³/mol. The highest BCUT2D eigenvalue weighted by Crippen LogP contribution is 2.30. The molecule has 0 heterocycles. The highest BCUT2D eigenvalue weighted by Gasteiger charge is 2.29. The molecule has 0 radical (unpaired) electrons. The van der Waals surface area contributed by atoms with Crippen LogP contribution in [0.3, 0.4) is 0 Å². The molecule has 1 aliphatic rings. The van der Waals surface area contributed by atoms with E-state index < -0.39 is 10.0 Å². The zero-order chi connectivity index (χ0) is 14.2. The van der Waals surface area contributed by atoms with Crippen LogP contribution in [0.15, 0.2) is 17.0 Å². The smallest absolute Gasteiger partial charge is 0.242 e. The maximum Gasteiger partial charge on any atom is 0.242 e. The van der Waals surface area contributed by atoms with E-state index in [1.54, 1.807) is 13.0 Å². The number of hydrogen-bond donors (Lipinski definition) is 2. The fraction of sp³-hybridized carbons (Fsp3) is 0.538. The summed E-state index contributed by atoms with van der Waals surface area (Å²) in [4.78, 5) is 0.0661. The quantitative estimate of drug-likeness (QED) is 0.843. The topological polar surface area (TPSA) is 72.2 Å². The molecule has 0 spiro atoms. The molecular weight excluding hydrogens is 284 g/mol. The van der Waals surface area contributed by atoms with Gasteiger partial charge in [0.15, 0.2) is 0 Å². The van der Waals surface area contributed by atoms with Crippen LogP contribution in [0.1, 0.15) is 31.7 Å². The van der Waals surface area contributed by atoms with Crippen LogP contribution < -0.4 is 10.5 Å². The number of benzene rings is 1. The molecule has 6 heteroatoms. The Bertz CT molecular complexity index is 587. The van der Waals surface area contributed by atoms with E-state index in [2.05, 4.69) is 11.6 Å². The number of rotatable bonds is 3. The van der Waals surface area contributed by atoms with Gasteiger partial charge in [0.2, 0.25) is 10.0 Å². The standard InChI is InChI=1S/C13H19ClN2O2S/c1-8-4-3-5-12(8)16-19(17,18)13-7-11(15)9(2)6-10(13)14/h6-8,12,16H,3-5,15H2,1-2H3. The summed E-state index contributed by atoms with van der Waals surface area (Å²) in [6.07, 6.45) is 2.98. The van der Waals surface area contributed by atoms with E-state index >= 15 is 0 Å². The zero-order valence-corrected chi connectivity index (χ0v) is 12.7. The van der Waals surface area contributed by atoms with Crippen LogP contribution in [-0.2, 0) is 10.0 Å². The Morgan fingerprint density at radius 2 is 2.05 bits per heavy atom. The van der Waals surface area contributed by atoms with Crippen LogP contribution in [0.25, 0.3) is 0 Å². The van der Waals surface area contributed by atoms with Gasteiger partial charge in [-0.3, -0.25) is 0 Å². The van der Waals surface area contributed by atoms with E-state index in [4.69, 9.17) is 17.3 Å². The molecule has 1 aromatic carbocycles. The number of hydrogen-bond acceptors (Lipinski definition) is 3. The molecule has 0 bridgehead atoms. The monoisotopic (exact) mass is 302 g/mol. The lowest BCUT2D eigenvalue weighted by atomic mass is 10.1. The van der Waals surface area contributed by atoms with Crippen LogP contribution in [0.2, 0.25) is 5.02 Å². The minimum absolute atomic E-state index is 0.0106. The van der Waals surface area contributed by atoms with Gasteiger partial charge in [-0.1, -0.05) is 24.9 Å². The highest BCUT2D eigenvalue weighted by molar-refractivity contribution is 7.89. The van der Waals surface area contributed by atoms with Crippen molar-refractivity contribution in [1.82, 2.24) is 4.72 Å². The summed E-state index contributed by atoms with van der Waals surface area (Å²) in [5.41, 5.74) is 6.98. The minimum atomic E-state index is -3.61. The van der Waals surface area contributed by atoms with Crippen molar-refractivity contribution in [2.75, 3.05) is 5.73 Å². The predicted octanol–water partition coefficient (Wildman–Crippen LogP) is 2.70. The second-order valence-corrected chi connectivity index (χ2v) is 7.36. The zero-order valence-electron chi connectivity index (χ0n) is 11.1. The van der Waals surface area contributed by atoms with Crippen molar-refractivity contribution in [2.45, 2.75) is 44.0 Å². The Balaban J connectivity index is 2.32. The first kappa shape index (κ1) is 14.6. The molecule has 1 saturated carbocycles. The molecular formula is C13H19ClN2O2S. The molecule has 0 aromatic heterocycles. The number of nitrogens with one attached hydrogen (secondary N) is 1. The summed E-state index contributed by atoms with van der Waals surface area (Å²) in [6, 6.07) is 3.01. The first-order valence-corrected chi connectivity index (χ1v) is 8.25. The molecule has 2 unspecified atom stereocenters. The van der Waals surface area contributed by atoms with Crippen LogP contribution in [-0.4, -0.2) is 14.5 Å². The average molecular weight is 303 g/mol. The normalized spacial score (nSPS) is 23.7. The van der Waals surface area contributed by atoms with Crippen molar-refractivity contribution in [3.63, 3.8) is 0 Å². The number of halogens is 1. The third kappa shape index (κ3) is 3.04. The van der Waals surface area contributed by atoms with Gasteiger partial charge in [0.05, 0.1) is 5.02 Å². The Kier molecular flexibility index (Phi) is 4.08. The van der Waals surface area contributed by atoms with Crippen molar-refractivity contribution in [2.24, 2.45) is 5.92 Å². The summed E-state index contributed by atoms with van der Waals surface area (Å²) >= 11 is 6.03. The van der Waals surface area contributed by atoms with Crippen LogP contribution >= 0.6 is 11.6 Å². The molecule has 0 saturated heterocycles. The minimum Gasteiger partial charge on any atom is -0.398 e. The average Bonchev–Trinajstić information content (AvgIpc) is 2.69. The largest absolute Gasteiger partial charge is 0.398 e. The van der Waals surface area contributed by atoms with Crippen LogP contribution in [0, 0.1) is 12.8 Å². The summed E-state index contributed by atoms with van der Waals surface area (Å²) in [5.74, 6) is 0.358. The Morgan fingerprint density at radius 1 is 1.37 bits per heavy atom. The Labute approximate surface area is 119 Å². The Morgan fingerprint density at radius 3 is 2.63 bits per heavy atom. The number of nitrogen functional groups attached to an aromatic ring is 1. The summed E-state index contributed by atoms with van der Waals surface area (Å²) in [7, 11) is -3.61. The lowest BCUT2D eigenvalue weighted by molar-refractivity contribution is 0.476. The maximum atomic E-state index is 12.4. The van der Waals surface area contributed by atoms with Gasteiger partial charge in [-0.25, -0.2) is 13.1 Å². The number of anilines is 1. The van der Waals surface area contributed by atoms with Crippen molar-refractivity contribution >= 4 is 27.3 Å². The van der Waals surface area contributed by atoms with E-state index in [-0.39, 0.29) is 16.0 Å². The van der Waals surface area contributed by atoms with Gasteiger partial charge in [0, 0.05) is 11.7 Å². The molecule has 1 fully saturated rings. The number of sulfonamides is 1. The maximum absolute atomic E-state index is 12.4. The van der Waals surface area contributed by atoms with Gasteiger partial charge in [-0.2, -0.15) is 0 Å². The van der Waals surface area contributed by atoms with Crippen LogP contribution in [0.5, 0.6) is 0 Å². The van der Waals surface area contributed by atoms with Gasteiger partial charge < -0.3 is 5.73 Å². The van der Waals surface area contributed by atoms with Gasteiger partial charge in [-0.15, -0.1) is 0 Å². The van der Waals surface area contributed by atoms with Gasteiger partial charge in [0.25, 0.3) is 0 Å². The fourth-order valence-electron chi connectivity index (χ4n) is 2.46. The number of nitrogens with two attached hydrogens (primary N) is 1. The third-order valence-corrected chi connectivity index (χ3v) is 5.73. The summed E-state index contributed by atoms with van der Waals surface area (Å²) < 4.78 is 27.5. The van der Waals surface area contributed by atoms with Crippen molar-refractivity contribution in [3.8, 4) is 0 Å². The molecule has 1 aromatic rings. The number of aryl methyl sites for hydroxylation is 1. The van der Waals surface area contributed by atoms with Gasteiger partial charge >= 0.3 is 0 Å². The third-order valence-electron chi connectivity index (χ3n) is 3.78. The second kappa shape index (κ2) is 5.31. The lowest BCUT2D eigenvalue weighted by Crippen LogP contribution is -2.36. The van der Waals surface area contributed by atoms with Crippen molar-refractivity contribution in [3.05, 3.63) is 22.7 Å². The summed E-state index contributed by atoms with van der Waals surface area (Å²) in [5, 5.41) is 0.213. The van der Waals surface area contributed by atoms with Crippen LogP contribution in [0.4, 0.5) is 5.69 Å². The first-order valence-electron chi connectivity index (χ1n) is 6.39. The first-order chi connectivity index (χ1) is 8.81. The highest BCUT2D eigenvalue weighted by atomic mass is 35.5. The lowest BCUT2D eigenvalue weighted by Gasteiger charge is -2.18. The van der Waals surface area contributed by atoms with E-state index in [9.17, 15) is 8.42 Å². The SMILES string of the molecule is Cc1cc(Cl)c(S(=O)(=O)NC2CCCC2C)cc1N. The molecule has 3 N–H and O–H groups in total. The van der Waals surface area contributed by atoms with Crippen molar-refractivity contribution < 1.29 is 8.42 Å². The van der Waals surface area contributed by atoms with E-state index in [1.165, 1.54) is 6.07 Å². The Hall–Kier alpha value is -0.780. The van der Waals surface area contributed by atoms with E-state index in [0.29, 0.717) is 11.6 Å². The molecule has 0 aliphatic heterocycles. The van der Waals surface area contributed by atoms with E-state index in [0.717, 1.165) is 24.8 Å². The second-order valence-electron chi connectivity index (χ2n) is 5.28. The molecule has 0 amide bonds. The van der Waals surface area contributed by atoms with Gasteiger partial charge in [-0.05, 0) is 43.4 Å². The van der Waals surface area contributed by atoms with Gasteiger partial charge in [0.1, 0.15) is 4.90 Å².